The highest BCUT2D eigenvalue weighted by Gasteiger charge is 2.21. The lowest BCUT2D eigenvalue weighted by atomic mass is 9.86. The summed E-state index contributed by atoms with van der Waals surface area (Å²) in [5, 5.41) is 13.4. The summed E-state index contributed by atoms with van der Waals surface area (Å²) in [6.07, 6.45) is 1.83. The smallest absolute Gasteiger partial charge is 0.138 e. The SMILES string of the molecule is Cc1cc(C)c(O)c(-c2cc(C(C)(C)C)cc(-n3c4ccccc4c4ccc(-c5ccccn5)cc43)n2)c1. The first-order valence-electron chi connectivity index (χ1n) is 13.0. The monoisotopic (exact) mass is 497 g/mol. The number of phenolic OH excluding ortho intramolecular Hbond substituents is 1. The summed E-state index contributed by atoms with van der Waals surface area (Å²) in [5.74, 6) is 1.11. The number of phenols is 1. The van der Waals surface area contributed by atoms with Crippen molar-refractivity contribution in [1.82, 2.24) is 14.5 Å². The zero-order chi connectivity index (χ0) is 26.6. The van der Waals surface area contributed by atoms with Gasteiger partial charge in [0.2, 0.25) is 0 Å². The summed E-state index contributed by atoms with van der Waals surface area (Å²) in [6, 6.07) is 29.3. The average Bonchev–Trinajstić information content (AvgIpc) is 3.24. The summed E-state index contributed by atoms with van der Waals surface area (Å²) >= 11 is 0. The molecule has 4 heteroatoms. The number of para-hydroxylation sites is 1. The normalized spacial score (nSPS) is 11.9. The van der Waals surface area contributed by atoms with E-state index < -0.39 is 0 Å². The van der Waals surface area contributed by atoms with E-state index >= 15 is 0 Å². The van der Waals surface area contributed by atoms with Crippen LogP contribution in [0.3, 0.4) is 0 Å². The largest absolute Gasteiger partial charge is 0.507 e. The second-order valence-corrected chi connectivity index (χ2v) is 11.1. The maximum atomic E-state index is 11.0. The molecule has 1 N–H and O–H groups in total. The number of rotatable bonds is 3. The van der Waals surface area contributed by atoms with Crippen molar-refractivity contribution in [2.75, 3.05) is 0 Å². The zero-order valence-electron chi connectivity index (χ0n) is 22.4. The minimum absolute atomic E-state index is 0.112. The van der Waals surface area contributed by atoms with Crippen molar-refractivity contribution in [3.63, 3.8) is 0 Å². The Balaban J connectivity index is 1.69. The third-order valence-corrected chi connectivity index (χ3v) is 7.26. The van der Waals surface area contributed by atoms with Crippen molar-refractivity contribution in [3.8, 4) is 34.1 Å². The maximum Gasteiger partial charge on any atom is 0.138 e. The molecule has 0 atom stereocenters. The Morgan fingerprint density at radius 1 is 0.737 bits per heavy atom. The lowest BCUT2D eigenvalue weighted by Gasteiger charge is -2.22. The van der Waals surface area contributed by atoms with E-state index in [1.807, 2.05) is 43.5 Å². The molecule has 0 spiro atoms. The van der Waals surface area contributed by atoms with E-state index in [0.29, 0.717) is 0 Å². The van der Waals surface area contributed by atoms with Crippen molar-refractivity contribution >= 4 is 21.8 Å². The highest BCUT2D eigenvalue weighted by Crippen LogP contribution is 2.38. The van der Waals surface area contributed by atoms with Gasteiger partial charge in [0.25, 0.3) is 0 Å². The van der Waals surface area contributed by atoms with Crippen molar-refractivity contribution in [1.29, 1.82) is 0 Å². The van der Waals surface area contributed by atoms with Crippen LogP contribution in [0.15, 0.2) is 91.1 Å². The summed E-state index contributed by atoms with van der Waals surface area (Å²) in [7, 11) is 0. The molecule has 0 fully saturated rings. The fraction of sp³-hybridized carbons (Fsp3) is 0.176. The molecular weight excluding hydrogens is 466 g/mol. The Kier molecular flexibility index (Phi) is 5.57. The van der Waals surface area contributed by atoms with E-state index in [-0.39, 0.29) is 11.2 Å². The first-order chi connectivity index (χ1) is 18.2. The Morgan fingerprint density at radius 3 is 2.26 bits per heavy atom. The number of hydrogen-bond acceptors (Lipinski definition) is 3. The molecule has 3 aromatic heterocycles. The molecular formula is C34H31N3O. The molecule has 0 aliphatic heterocycles. The molecule has 0 aliphatic carbocycles. The van der Waals surface area contributed by atoms with Crippen LogP contribution >= 0.6 is 0 Å². The number of pyridine rings is 2. The van der Waals surface area contributed by atoms with E-state index in [0.717, 1.165) is 56.1 Å². The van der Waals surface area contributed by atoms with Gasteiger partial charge < -0.3 is 5.11 Å². The summed E-state index contributed by atoms with van der Waals surface area (Å²) in [4.78, 5) is 9.78. The molecule has 0 amide bonds. The molecule has 0 radical (unpaired) electrons. The van der Waals surface area contributed by atoms with Crippen molar-refractivity contribution < 1.29 is 5.11 Å². The third-order valence-electron chi connectivity index (χ3n) is 7.26. The van der Waals surface area contributed by atoms with Gasteiger partial charge in [-0.1, -0.05) is 63.2 Å². The summed E-state index contributed by atoms with van der Waals surface area (Å²) in [5.41, 5.74) is 8.66. The molecule has 3 heterocycles. The van der Waals surface area contributed by atoms with Gasteiger partial charge in [0.15, 0.2) is 0 Å². The summed E-state index contributed by atoms with van der Waals surface area (Å²) < 4.78 is 2.25. The molecule has 38 heavy (non-hydrogen) atoms. The molecule has 0 unspecified atom stereocenters. The molecule has 0 aliphatic rings. The number of aromatic hydroxyl groups is 1. The molecule has 0 bridgehead atoms. The van der Waals surface area contributed by atoms with Crippen LogP contribution in [-0.2, 0) is 5.41 Å². The predicted molar refractivity (Wildman–Crippen MR) is 157 cm³/mol. The minimum atomic E-state index is -0.112. The van der Waals surface area contributed by atoms with Crippen LogP contribution in [0, 0.1) is 13.8 Å². The Hall–Kier alpha value is -4.44. The zero-order valence-corrected chi connectivity index (χ0v) is 22.4. The van der Waals surface area contributed by atoms with E-state index in [1.54, 1.807) is 0 Å². The van der Waals surface area contributed by atoms with Crippen LogP contribution < -0.4 is 0 Å². The van der Waals surface area contributed by atoms with Gasteiger partial charge in [0, 0.05) is 28.1 Å². The molecule has 0 saturated heterocycles. The van der Waals surface area contributed by atoms with E-state index in [9.17, 15) is 5.11 Å². The molecule has 3 aromatic carbocycles. The van der Waals surface area contributed by atoms with Gasteiger partial charge in [-0.25, -0.2) is 4.98 Å². The molecule has 188 valence electrons. The van der Waals surface area contributed by atoms with E-state index in [2.05, 4.69) is 91.8 Å². The number of benzene rings is 3. The second-order valence-electron chi connectivity index (χ2n) is 11.1. The maximum absolute atomic E-state index is 11.0. The van der Waals surface area contributed by atoms with Crippen LogP contribution in [0.5, 0.6) is 5.75 Å². The third kappa shape index (κ3) is 4.03. The number of aryl methyl sites for hydroxylation is 2. The van der Waals surface area contributed by atoms with Gasteiger partial charge in [-0.3, -0.25) is 9.55 Å². The highest BCUT2D eigenvalue weighted by atomic mass is 16.3. The number of hydrogen-bond donors (Lipinski definition) is 1. The number of fused-ring (bicyclic) bond motifs is 3. The van der Waals surface area contributed by atoms with Crippen LogP contribution in [0.2, 0.25) is 0 Å². The first kappa shape index (κ1) is 23.9. The Labute approximate surface area is 223 Å². The standard InChI is InChI=1S/C34H31N3O/c1-21-16-22(2)33(38)27(17-21)29-19-24(34(3,4)5)20-32(36-29)37-30-12-7-6-10-25(30)26-14-13-23(18-31(26)37)28-11-8-9-15-35-28/h6-20,38H,1-5H3. The topological polar surface area (TPSA) is 50.9 Å². The van der Waals surface area contributed by atoms with E-state index in [4.69, 9.17) is 4.98 Å². The van der Waals surface area contributed by atoms with Crippen LogP contribution in [0.1, 0.15) is 37.5 Å². The van der Waals surface area contributed by atoms with Gasteiger partial charge >= 0.3 is 0 Å². The van der Waals surface area contributed by atoms with Crippen LogP contribution in [0.25, 0.3) is 50.1 Å². The van der Waals surface area contributed by atoms with E-state index in [1.165, 1.54) is 10.8 Å². The van der Waals surface area contributed by atoms with Gasteiger partial charge in [0.1, 0.15) is 11.6 Å². The fourth-order valence-corrected chi connectivity index (χ4v) is 5.27. The lowest BCUT2D eigenvalue weighted by Crippen LogP contribution is -2.13. The lowest BCUT2D eigenvalue weighted by molar-refractivity contribution is 0.472. The number of nitrogens with zero attached hydrogens (tertiary/aromatic N) is 3. The number of aromatic nitrogens is 3. The fourth-order valence-electron chi connectivity index (χ4n) is 5.27. The van der Waals surface area contributed by atoms with Crippen LogP contribution in [0.4, 0.5) is 0 Å². The first-order valence-corrected chi connectivity index (χ1v) is 13.0. The van der Waals surface area contributed by atoms with Gasteiger partial charge in [-0.2, -0.15) is 0 Å². The average molecular weight is 498 g/mol. The minimum Gasteiger partial charge on any atom is -0.507 e. The highest BCUT2D eigenvalue weighted by molar-refractivity contribution is 6.10. The Morgan fingerprint density at radius 2 is 1.50 bits per heavy atom. The molecule has 6 rings (SSSR count). The summed E-state index contributed by atoms with van der Waals surface area (Å²) in [6.45, 7) is 10.6. The quantitative estimate of drug-likeness (QED) is 0.267. The second kappa shape index (κ2) is 8.84. The van der Waals surface area contributed by atoms with Gasteiger partial charge in [0.05, 0.1) is 22.4 Å². The molecule has 4 nitrogen and oxygen atoms in total. The van der Waals surface area contributed by atoms with Crippen molar-refractivity contribution in [3.05, 3.63) is 108 Å². The van der Waals surface area contributed by atoms with Crippen LogP contribution in [-0.4, -0.2) is 19.6 Å². The van der Waals surface area contributed by atoms with Crippen molar-refractivity contribution in [2.24, 2.45) is 0 Å². The van der Waals surface area contributed by atoms with Gasteiger partial charge in [-0.05, 0) is 78.4 Å². The Bertz CT molecular complexity index is 1830. The molecule has 6 aromatic rings. The predicted octanol–water partition coefficient (Wildman–Crippen LogP) is 8.53. The molecule has 0 saturated carbocycles. The van der Waals surface area contributed by atoms with Crippen molar-refractivity contribution in [2.45, 2.75) is 40.0 Å². The van der Waals surface area contributed by atoms with Gasteiger partial charge in [-0.15, -0.1) is 0 Å².